The highest BCUT2D eigenvalue weighted by Gasteiger charge is 2.54. The van der Waals surface area contributed by atoms with Gasteiger partial charge in [0, 0.05) is 18.6 Å². The van der Waals surface area contributed by atoms with Crippen LogP contribution in [0.2, 0.25) is 0 Å². The molecule has 1 aromatic rings. The van der Waals surface area contributed by atoms with Crippen molar-refractivity contribution in [2.24, 2.45) is 0 Å². The lowest BCUT2D eigenvalue weighted by atomic mass is 9.86. The summed E-state index contributed by atoms with van der Waals surface area (Å²) in [5.74, 6) is -0.928. The Morgan fingerprint density at radius 1 is 1.20 bits per heavy atom. The molecule has 0 saturated carbocycles. The maximum absolute atomic E-state index is 10.7. The molecule has 1 aromatic carbocycles. The van der Waals surface area contributed by atoms with Crippen LogP contribution in [0.4, 0.5) is 0 Å². The van der Waals surface area contributed by atoms with E-state index in [0.717, 1.165) is 11.3 Å². The molecule has 0 aliphatic carbocycles. The average molecular weight is 443 g/mol. The number of hydrogen-bond donors (Lipinski definition) is 4. The van der Waals surface area contributed by atoms with Crippen molar-refractivity contribution in [3.8, 4) is 5.75 Å². The molecule has 30 heavy (non-hydrogen) atoms. The minimum atomic E-state index is -1.69. The van der Waals surface area contributed by atoms with Crippen molar-refractivity contribution in [2.75, 3.05) is 20.3 Å². The zero-order valence-corrected chi connectivity index (χ0v) is 18.2. The number of ether oxygens (including phenoxy) is 3. The molecule has 1 fully saturated rings. The van der Waals surface area contributed by atoms with Gasteiger partial charge in [-0.25, -0.2) is 0 Å². The normalized spacial score (nSPS) is 30.4. The largest absolute Gasteiger partial charge is 0.494 e. The van der Waals surface area contributed by atoms with Gasteiger partial charge in [-0.05, 0) is 49.6 Å². The Morgan fingerprint density at radius 3 is 2.40 bits per heavy atom. The summed E-state index contributed by atoms with van der Waals surface area (Å²) in [5.41, 5.74) is 1.65. The molecule has 2 rings (SSSR count). The number of halogens is 1. The van der Waals surface area contributed by atoms with Crippen LogP contribution in [-0.2, 0) is 15.9 Å². The van der Waals surface area contributed by atoms with E-state index in [4.69, 9.17) is 25.8 Å². The first kappa shape index (κ1) is 24.8. The second-order valence-electron chi connectivity index (χ2n) is 7.16. The molecule has 8 heteroatoms. The van der Waals surface area contributed by atoms with E-state index in [1.807, 2.05) is 38.1 Å². The Balaban J connectivity index is 2.35. The molecular formula is C22H31ClO7. The number of allylic oxidation sites excluding steroid dienone is 3. The third-order valence-corrected chi connectivity index (χ3v) is 5.54. The molecule has 1 heterocycles. The molecule has 0 bridgehead atoms. The van der Waals surface area contributed by atoms with Gasteiger partial charge in [0.15, 0.2) is 0 Å². The van der Waals surface area contributed by atoms with Crippen LogP contribution < -0.4 is 4.74 Å². The first-order valence-electron chi connectivity index (χ1n) is 9.91. The minimum Gasteiger partial charge on any atom is -0.494 e. The highest BCUT2D eigenvalue weighted by Crippen LogP contribution is 2.38. The van der Waals surface area contributed by atoms with E-state index in [1.165, 1.54) is 7.11 Å². The first-order valence-corrected chi connectivity index (χ1v) is 10.3. The van der Waals surface area contributed by atoms with Crippen molar-refractivity contribution >= 4 is 11.6 Å². The summed E-state index contributed by atoms with van der Waals surface area (Å²) in [6.07, 6.45) is -1.71. The van der Waals surface area contributed by atoms with Gasteiger partial charge in [0.2, 0.25) is 5.79 Å². The van der Waals surface area contributed by atoms with E-state index in [2.05, 4.69) is 0 Å². The Labute approximate surface area is 182 Å². The molecule has 4 N–H and O–H groups in total. The van der Waals surface area contributed by atoms with Crippen molar-refractivity contribution in [3.63, 3.8) is 0 Å². The van der Waals surface area contributed by atoms with Gasteiger partial charge in [0.1, 0.15) is 30.2 Å². The molecule has 0 amide bonds. The fourth-order valence-electron chi connectivity index (χ4n) is 3.50. The summed E-state index contributed by atoms with van der Waals surface area (Å²) in [5, 5.41) is 41.0. The molecule has 1 unspecified atom stereocenters. The highest BCUT2D eigenvalue weighted by molar-refractivity contribution is 6.31. The minimum absolute atomic E-state index is 0.0152. The predicted molar refractivity (Wildman–Crippen MR) is 113 cm³/mol. The Bertz CT molecular complexity index is 732. The molecule has 0 radical (unpaired) electrons. The van der Waals surface area contributed by atoms with Crippen LogP contribution in [0.1, 0.15) is 25.8 Å². The topological polar surface area (TPSA) is 109 Å². The third kappa shape index (κ3) is 5.62. The molecule has 7 nitrogen and oxygen atoms in total. The van der Waals surface area contributed by atoms with Crippen LogP contribution in [0.25, 0.3) is 0 Å². The molecule has 1 saturated heterocycles. The van der Waals surface area contributed by atoms with E-state index >= 15 is 0 Å². The van der Waals surface area contributed by atoms with Gasteiger partial charge in [0.05, 0.1) is 13.2 Å². The van der Waals surface area contributed by atoms with E-state index in [-0.39, 0.29) is 6.42 Å². The lowest BCUT2D eigenvalue weighted by Crippen LogP contribution is -2.66. The zero-order valence-electron chi connectivity index (χ0n) is 17.5. The van der Waals surface area contributed by atoms with Crippen LogP contribution >= 0.6 is 11.6 Å². The van der Waals surface area contributed by atoms with Gasteiger partial charge < -0.3 is 34.6 Å². The van der Waals surface area contributed by atoms with Gasteiger partial charge >= 0.3 is 0 Å². The summed E-state index contributed by atoms with van der Waals surface area (Å²) < 4.78 is 16.7. The van der Waals surface area contributed by atoms with E-state index < -0.39 is 36.8 Å². The summed E-state index contributed by atoms with van der Waals surface area (Å²) in [4.78, 5) is 0. The standard InChI is InChI=1S/C22H31ClO7/c1-4-6-17(23)15(11-14-7-9-16(10-8-14)29-5-2)12-22(28-3)21(27)20(26)19(25)18(13-24)30-22/h4,6-10,18-21,24-27H,5,11-13H2,1-3H3/b6-4-,17-15+/t18-,19-,20+,21-,22?/m1/s1. The van der Waals surface area contributed by atoms with Gasteiger partial charge in [-0.2, -0.15) is 0 Å². The first-order chi connectivity index (χ1) is 14.3. The van der Waals surface area contributed by atoms with E-state index in [0.29, 0.717) is 23.6 Å². The number of rotatable bonds is 9. The number of aliphatic hydroxyl groups is 4. The monoisotopic (exact) mass is 442 g/mol. The van der Waals surface area contributed by atoms with Gasteiger partial charge in [-0.15, -0.1) is 0 Å². The summed E-state index contributed by atoms with van der Waals surface area (Å²) in [6.45, 7) is 3.77. The van der Waals surface area contributed by atoms with Crippen molar-refractivity contribution in [1.82, 2.24) is 0 Å². The summed E-state index contributed by atoms with van der Waals surface area (Å²) in [6, 6.07) is 7.55. The van der Waals surface area contributed by atoms with Crippen LogP contribution in [0.3, 0.4) is 0 Å². The second kappa shape index (κ2) is 11.2. The lowest BCUT2D eigenvalue weighted by molar-refractivity contribution is -0.356. The maximum Gasteiger partial charge on any atom is 0.201 e. The van der Waals surface area contributed by atoms with Crippen LogP contribution in [0.15, 0.2) is 47.0 Å². The maximum atomic E-state index is 10.7. The molecule has 1 aliphatic heterocycles. The second-order valence-corrected chi connectivity index (χ2v) is 7.57. The van der Waals surface area contributed by atoms with Gasteiger partial charge in [-0.1, -0.05) is 29.8 Å². The Kier molecular flexibility index (Phi) is 9.31. The van der Waals surface area contributed by atoms with Crippen molar-refractivity contribution in [1.29, 1.82) is 0 Å². The summed E-state index contributed by atoms with van der Waals surface area (Å²) in [7, 11) is 1.33. The number of aliphatic hydroxyl groups excluding tert-OH is 4. The van der Waals surface area contributed by atoms with Crippen LogP contribution in [0.5, 0.6) is 5.75 Å². The fraction of sp³-hybridized carbons (Fsp3) is 0.545. The molecule has 0 spiro atoms. The number of hydrogen-bond acceptors (Lipinski definition) is 7. The third-order valence-electron chi connectivity index (χ3n) is 5.14. The van der Waals surface area contributed by atoms with Crippen LogP contribution in [0, 0.1) is 0 Å². The zero-order chi connectivity index (χ0) is 22.3. The molecular weight excluding hydrogens is 412 g/mol. The number of methoxy groups -OCH3 is 1. The van der Waals surface area contributed by atoms with Crippen molar-refractivity contribution in [2.45, 2.75) is 56.9 Å². The Morgan fingerprint density at radius 2 is 1.87 bits per heavy atom. The highest BCUT2D eigenvalue weighted by atomic mass is 35.5. The van der Waals surface area contributed by atoms with Crippen molar-refractivity contribution in [3.05, 3.63) is 52.6 Å². The Hall–Kier alpha value is -1.45. The summed E-state index contributed by atoms with van der Waals surface area (Å²) >= 11 is 6.51. The quantitative estimate of drug-likeness (QED) is 0.432. The van der Waals surface area contributed by atoms with Crippen LogP contribution in [-0.4, -0.2) is 71.0 Å². The van der Waals surface area contributed by atoms with Gasteiger partial charge in [0.25, 0.3) is 0 Å². The number of benzene rings is 1. The molecule has 168 valence electrons. The van der Waals surface area contributed by atoms with Crippen molar-refractivity contribution < 1.29 is 34.6 Å². The molecule has 1 aliphatic rings. The molecule has 0 aromatic heterocycles. The van der Waals surface area contributed by atoms with E-state index in [9.17, 15) is 20.4 Å². The fourth-order valence-corrected chi connectivity index (χ4v) is 3.76. The van der Waals surface area contributed by atoms with Gasteiger partial charge in [-0.3, -0.25) is 0 Å². The predicted octanol–water partition coefficient (Wildman–Crippen LogP) is 1.90. The SMILES string of the molecule is C/C=C\C(Cl)=C(\Cc1ccc(OCC)cc1)CC1(OC)O[C@H](CO)[C@@H](O)[C@H](O)[C@H]1O. The average Bonchev–Trinajstić information content (AvgIpc) is 2.75. The smallest absolute Gasteiger partial charge is 0.201 e. The molecule has 5 atom stereocenters. The van der Waals surface area contributed by atoms with E-state index in [1.54, 1.807) is 12.2 Å². The lowest BCUT2D eigenvalue weighted by Gasteiger charge is -2.48.